The Morgan fingerprint density at radius 1 is 1.09 bits per heavy atom. The molecule has 4 heteroatoms. The molecule has 1 aromatic rings. The van der Waals surface area contributed by atoms with E-state index in [1.807, 2.05) is 0 Å². The molecule has 0 radical (unpaired) electrons. The molecule has 4 rings (SSSR count). The average Bonchev–Trinajstić information content (AvgIpc) is 3.68. The number of alkyl halides is 2. The highest BCUT2D eigenvalue weighted by molar-refractivity contribution is 5.96. The molecule has 0 spiro atoms. The van der Waals surface area contributed by atoms with E-state index < -0.39 is 17.4 Å². The van der Waals surface area contributed by atoms with Crippen molar-refractivity contribution in [3.8, 4) is 0 Å². The maximum Gasteiger partial charge on any atom is 0.282 e. The standard InChI is InChI=1S/C28H36F2O2/c1-3-4-19-5-7-20(8-6-19)25(21-9-10-21)17-18-26(31)22-11-13-23(14-12-22)27(2,32)28(29,30)24-15-16-24/h4,11-14,19-21,24-25,32H,1,5-10,15-18H2,2H3/t19?,20?,25?,27-/m0/s1. The van der Waals surface area contributed by atoms with Crippen molar-refractivity contribution in [2.45, 2.75) is 82.7 Å². The zero-order valence-electron chi connectivity index (χ0n) is 19.2. The van der Waals surface area contributed by atoms with Gasteiger partial charge in [0.25, 0.3) is 5.92 Å². The summed E-state index contributed by atoms with van der Waals surface area (Å²) in [4.78, 5) is 12.9. The van der Waals surface area contributed by atoms with Crippen LogP contribution in [0.3, 0.4) is 0 Å². The summed E-state index contributed by atoms with van der Waals surface area (Å²) in [7, 11) is 0. The number of Topliss-reactive ketones (excluding diaryl/α,β-unsaturated/α-hetero) is 1. The lowest BCUT2D eigenvalue weighted by Gasteiger charge is -2.33. The predicted octanol–water partition coefficient (Wildman–Crippen LogP) is 7.08. The highest BCUT2D eigenvalue weighted by Gasteiger charge is 2.59. The van der Waals surface area contributed by atoms with Crippen molar-refractivity contribution >= 4 is 5.78 Å². The lowest BCUT2D eigenvalue weighted by atomic mass is 9.72. The van der Waals surface area contributed by atoms with Crippen LogP contribution < -0.4 is 0 Å². The lowest BCUT2D eigenvalue weighted by molar-refractivity contribution is -0.190. The van der Waals surface area contributed by atoms with Gasteiger partial charge >= 0.3 is 0 Å². The molecule has 0 bridgehead atoms. The molecule has 32 heavy (non-hydrogen) atoms. The minimum atomic E-state index is -3.16. The van der Waals surface area contributed by atoms with E-state index in [9.17, 15) is 18.7 Å². The van der Waals surface area contributed by atoms with E-state index >= 15 is 0 Å². The molecule has 0 aliphatic heterocycles. The number of carbonyl (C=O) groups excluding carboxylic acids is 1. The molecule has 1 N–H and O–H groups in total. The normalized spacial score (nSPS) is 26.6. The van der Waals surface area contributed by atoms with Crippen LogP contribution in [0.5, 0.6) is 0 Å². The lowest BCUT2D eigenvalue weighted by Crippen LogP contribution is -2.44. The number of allylic oxidation sites excluding steroid dienone is 1. The Kier molecular flexibility index (Phi) is 6.75. The van der Waals surface area contributed by atoms with Crippen molar-refractivity contribution in [2.24, 2.45) is 29.6 Å². The molecule has 2 nitrogen and oxygen atoms in total. The fourth-order valence-corrected chi connectivity index (χ4v) is 5.75. The van der Waals surface area contributed by atoms with Crippen molar-refractivity contribution < 1.29 is 18.7 Å². The predicted molar refractivity (Wildman–Crippen MR) is 123 cm³/mol. The van der Waals surface area contributed by atoms with Gasteiger partial charge in [-0.25, -0.2) is 8.78 Å². The Labute approximate surface area is 190 Å². The summed E-state index contributed by atoms with van der Waals surface area (Å²) in [5.74, 6) is -1.15. The molecule has 174 valence electrons. The van der Waals surface area contributed by atoms with Crippen LogP contribution >= 0.6 is 0 Å². The monoisotopic (exact) mass is 442 g/mol. The van der Waals surface area contributed by atoms with E-state index in [-0.39, 0.29) is 11.3 Å². The van der Waals surface area contributed by atoms with E-state index in [0.29, 0.717) is 42.6 Å². The molecule has 3 fully saturated rings. The molecule has 0 aromatic heterocycles. The first-order valence-corrected chi connectivity index (χ1v) is 12.3. The van der Waals surface area contributed by atoms with Crippen LogP contribution in [0.4, 0.5) is 8.78 Å². The second-order valence-corrected chi connectivity index (χ2v) is 10.6. The zero-order chi connectivity index (χ0) is 22.9. The van der Waals surface area contributed by atoms with Gasteiger partial charge in [-0.2, -0.15) is 0 Å². The third-order valence-electron chi connectivity index (χ3n) is 8.22. The van der Waals surface area contributed by atoms with Crippen molar-refractivity contribution in [2.75, 3.05) is 0 Å². The van der Waals surface area contributed by atoms with Gasteiger partial charge in [-0.15, -0.1) is 5.73 Å². The third kappa shape index (κ3) is 4.92. The number of carbonyl (C=O) groups is 1. The summed E-state index contributed by atoms with van der Waals surface area (Å²) in [5.41, 5.74) is 1.43. The number of hydrogen-bond acceptors (Lipinski definition) is 2. The van der Waals surface area contributed by atoms with Crippen molar-refractivity contribution in [1.82, 2.24) is 0 Å². The summed E-state index contributed by atoms with van der Waals surface area (Å²) in [5, 5.41) is 10.5. The number of benzene rings is 1. The van der Waals surface area contributed by atoms with Gasteiger partial charge in [0.05, 0.1) is 0 Å². The van der Waals surface area contributed by atoms with Crippen LogP contribution in [0.2, 0.25) is 0 Å². The first-order valence-electron chi connectivity index (χ1n) is 12.3. The molecule has 3 aliphatic carbocycles. The van der Waals surface area contributed by atoms with E-state index in [0.717, 1.165) is 12.3 Å². The SMILES string of the molecule is C=C=CC1CCC(C(CCC(=O)c2ccc([C@](C)(O)C(F)(F)C3CC3)cc2)C2CC2)CC1. The third-order valence-corrected chi connectivity index (χ3v) is 8.22. The summed E-state index contributed by atoms with van der Waals surface area (Å²) in [6, 6.07) is 6.20. The quantitative estimate of drug-likeness (QED) is 0.311. The van der Waals surface area contributed by atoms with Gasteiger partial charge in [0.2, 0.25) is 0 Å². The van der Waals surface area contributed by atoms with Crippen LogP contribution in [-0.2, 0) is 5.60 Å². The first kappa shape index (κ1) is 23.4. The van der Waals surface area contributed by atoms with E-state index in [4.69, 9.17) is 0 Å². The topological polar surface area (TPSA) is 37.3 Å². The maximum atomic E-state index is 14.5. The number of halogens is 2. The number of ketones is 1. The summed E-state index contributed by atoms with van der Waals surface area (Å²) in [6.45, 7) is 4.88. The minimum Gasteiger partial charge on any atom is -0.379 e. The Morgan fingerprint density at radius 2 is 1.66 bits per heavy atom. The smallest absolute Gasteiger partial charge is 0.282 e. The highest BCUT2D eigenvalue weighted by atomic mass is 19.3. The molecular formula is C28H36F2O2. The van der Waals surface area contributed by atoms with Crippen molar-refractivity contribution in [3.63, 3.8) is 0 Å². The molecular weight excluding hydrogens is 406 g/mol. The second-order valence-electron chi connectivity index (χ2n) is 10.6. The molecule has 0 saturated heterocycles. The highest BCUT2D eigenvalue weighted by Crippen LogP contribution is 2.52. The minimum absolute atomic E-state index is 0.0686. The van der Waals surface area contributed by atoms with Gasteiger partial charge < -0.3 is 5.11 Å². The van der Waals surface area contributed by atoms with Gasteiger partial charge in [0, 0.05) is 17.9 Å². The second kappa shape index (κ2) is 9.23. The van der Waals surface area contributed by atoms with Crippen LogP contribution in [0.15, 0.2) is 42.7 Å². The number of rotatable bonds is 10. The molecule has 3 aliphatic rings. The Balaban J connectivity index is 1.35. The average molecular weight is 443 g/mol. The van der Waals surface area contributed by atoms with Crippen LogP contribution in [-0.4, -0.2) is 16.8 Å². The van der Waals surface area contributed by atoms with Gasteiger partial charge in [0.1, 0.15) is 0 Å². The molecule has 0 heterocycles. The van der Waals surface area contributed by atoms with E-state index in [1.54, 1.807) is 12.1 Å². The number of hydrogen-bond donors (Lipinski definition) is 1. The van der Waals surface area contributed by atoms with E-state index in [2.05, 4.69) is 18.4 Å². The zero-order valence-corrected chi connectivity index (χ0v) is 19.2. The Morgan fingerprint density at radius 3 is 2.16 bits per heavy atom. The summed E-state index contributed by atoms with van der Waals surface area (Å²) >= 11 is 0. The van der Waals surface area contributed by atoms with Crippen LogP contribution in [0.25, 0.3) is 0 Å². The fraction of sp³-hybridized carbons (Fsp3) is 0.643. The van der Waals surface area contributed by atoms with Gasteiger partial charge in [-0.05, 0) is 100 Å². The largest absolute Gasteiger partial charge is 0.379 e. The molecule has 1 aromatic carbocycles. The van der Waals surface area contributed by atoms with Gasteiger partial charge in [0.15, 0.2) is 11.4 Å². The molecule has 1 unspecified atom stereocenters. The summed E-state index contributed by atoms with van der Waals surface area (Å²) < 4.78 is 29.1. The van der Waals surface area contributed by atoms with E-state index in [1.165, 1.54) is 57.6 Å². The maximum absolute atomic E-state index is 14.5. The van der Waals surface area contributed by atoms with Crippen LogP contribution in [0.1, 0.15) is 87.1 Å². The van der Waals surface area contributed by atoms with Crippen molar-refractivity contribution in [1.29, 1.82) is 0 Å². The Bertz CT molecular complexity index is 850. The molecule has 3 saturated carbocycles. The number of aliphatic hydroxyl groups is 1. The Hall–Kier alpha value is -1.77. The van der Waals surface area contributed by atoms with Crippen molar-refractivity contribution in [3.05, 3.63) is 53.8 Å². The molecule has 0 amide bonds. The van der Waals surface area contributed by atoms with Crippen LogP contribution in [0, 0.1) is 29.6 Å². The summed E-state index contributed by atoms with van der Waals surface area (Å²) in [6.07, 6.45) is 11.8. The van der Waals surface area contributed by atoms with Gasteiger partial charge in [-0.3, -0.25) is 4.79 Å². The first-order chi connectivity index (χ1) is 15.2. The van der Waals surface area contributed by atoms with Gasteiger partial charge in [-0.1, -0.05) is 30.8 Å². The molecule has 2 atom stereocenters. The fourth-order valence-electron chi connectivity index (χ4n) is 5.75.